The van der Waals surface area contributed by atoms with E-state index in [9.17, 15) is 26.4 Å². The van der Waals surface area contributed by atoms with Crippen molar-refractivity contribution in [2.75, 3.05) is 11.0 Å². The molecule has 0 radical (unpaired) electrons. The lowest BCUT2D eigenvalue weighted by molar-refractivity contribution is -0.401. The largest absolute Gasteiger partial charge is 0.418 e. The average Bonchev–Trinajstić information content (AvgIpc) is 3.16. The highest BCUT2D eigenvalue weighted by molar-refractivity contribution is 7.92. The molecule has 0 aliphatic carbocycles. The van der Waals surface area contributed by atoms with Gasteiger partial charge in [-0.15, -0.1) is 0 Å². The molecule has 1 amide bonds. The molecule has 12 heteroatoms. The number of halogens is 3. The van der Waals surface area contributed by atoms with Crippen molar-refractivity contribution in [2.24, 2.45) is 0 Å². The Balaban J connectivity index is 1.67. The quantitative estimate of drug-likeness (QED) is 0.575. The molecule has 1 aromatic heterocycles. The number of nitrogens with zero attached hydrogens (tertiary/aromatic N) is 1. The Hall–Kier alpha value is -3.80. The minimum atomic E-state index is -4.75. The summed E-state index contributed by atoms with van der Waals surface area (Å²) in [7, 11) is -3.60. The van der Waals surface area contributed by atoms with Crippen molar-refractivity contribution < 1.29 is 31.4 Å². The number of pyridine rings is 1. The zero-order valence-electron chi connectivity index (χ0n) is 17.8. The highest BCUT2D eigenvalue weighted by atomic mass is 32.2. The van der Waals surface area contributed by atoms with Crippen LogP contribution in [0.4, 0.5) is 18.9 Å². The van der Waals surface area contributed by atoms with Gasteiger partial charge < -0.3 is 15.5 Å². The summed E-state index contributed by atoms with van der Waals surface area (Å²) < 4.78 is 67.4. The standard InChI is InChI=1S/C22H20F3N5O3S/c1-34(32,33)29-15-9-3-2-8-14(15)20-27-18(17-11-5-7-13-30(17)20)21(31)28-19(22(23,24)25)16-10-4-6-12-26-16/h2-13,19-20,27,29H,1H3,(H,28,31)/p+1. The van der Waals surface area contributed by atoms with Crippen molar-refractivity contribution in [3.63, 3.8) is 0 Å². The van der Waals surface area contributed by atoms with Crippen LogP contribution >= 0.6 is 0 Å². The topological polar surface area (TPSA) is 105 Å². The third kappa shape index (κ3) is 4.91. The molecule has 2 atom stereocenters. The summed E-state index contributed by atoms with van der Waals surface area (Å²) in [6, 6.07) is 8.50. The number of carbonyl (C=O) groups is 1. The number of sulfonamides is 1. The molecule has 4 N–H and O–H groups in total. The molecule has 4 rings (SSSR count). The second-order valence-electron chi connectivity index (χ2n) is 7.64. The summed E-state index contributed by atoms with van der Waals surface area (Å²) in [5.74, 6) is -0.962. The lowest BCUT2D eigenvalue weighted by Crippen LogP contribution is -2.43. The van der Waals surface area contributed by atoms with Gasteiger partial charge in [0.2, 0.25) is 21.8 Å². The minimum absolute atomic E-state index is 0.0788. The lowest BCUT2D eigenvalue weighted by Gasteiger charge is -2.27. The van der Waals surface area contributed by atoms with Gasteiger partial charge in [-0.05, 0) is 18.2 Å². The fourth-order valence-corrected chi connectivity index (χ4v) is 4.32. The summed E-state index contributed by atoms with van der Waals surface area (Å²) in [6.45, 7) is 0. The van der Waals surface area contributed by atoms with E-state index >= 15 is 0 Å². The zero-order valence-corrected chi connectivity index (χ0v) is 18.6. The molecule has 0 saturated carbocycles. The maximum absolute atomic E-state index is 13.8. The number of hydrogen-bond donors (Lipinski definition) is 3. The summed E-state index contributed by atoms with van der Waals surface area (Å²) in [5, 5.41) is 5.02. The molecular weight excluding hydrogens is 471 g/mol. The van der Waals surface area contributed by atoms with Crippen LogP contribution in [0.15, 0.2) is 84.5 Å². The molecule has 178 valence electrons. The number of alkyl halides is 3. The van der Waals surface area contributed by atoms with E-state index < -0.39 is 34.3 Å². The van der Waals surface area contributed by atoms with Crippen LogP contribution < -0.4 is 20.3 Å². The second kappa shape index (κ2) is 8.86. The SMILES string of the molecule is CS(=O)(=O)Nc1ccccc1C1NC(C(=O)NC(c2cccc[nH+]2)C(F)(F)F)=C2C=CC=CN21. The van der Waals surface area contributed by atoms with E-state index in [1.807, 2.05) is 0 Å². The molecular formula is C22H21F3N5O3S+. The molecule has 0 spiro atoms. The van der Waals surface area contributed by atoms with Gasteiger partial charge in [-0.3, -0.25) is 9.52 Å². The van der Waals surface area contributed by atoms with Crippen LogP contribution in [0.5, 0.6) is 0 Å². The molecule has 2 aliphatic heterocycles. The first kappa shape index (κ1) is 23.4. The molecule has 1 aromatic carbocycles. The number of fused-ring (bicyclic) bond motifs is 1. The van der Waals surface area contributed by atoms with Crippen LogP contribution in [-0.4, -0.2) is 31.7 Å². The highest BCUT2D eigenvalue weighted by Crippen LogP contribution is 2.38. The number of aromatic amines is 1. The smallest absolute Gasteiger partial charge is 0.355 e. The molecule has 2 aliphatic rings. The number of carbonyl (C=O) groups excluding carboxylic acids is 1. The van der Waals surface area contributed by atoms with Crippen molar-refractivity contribution in [1.29, 1.82) is 0 Å². The van der Waals surface area contributed by atoms with E-state index in [1.54, 1.807) is 53.6 Å². The Morgan fingerprint density at radius 1 is 1.15 bits per heavy atom. The minimum Gasteiger partial charge on any atom is -0.355 e. The number of benzene rings is 1. The maximum Gasteiger partial charge on any atom is 0.418 e. The van der Waals surface area contributed by atoms with Crippen LogP contribution in [0.1, 0.15) is 23.5 Å². The van der Waals surface area contributed by atoms with Crippen molar-refractivity contribution in [2.45, 2.75) is 18.4 Å². The summed E-state index contributed by atoms with van der Waals surface area (Å²) in [6.07, 6.45) is 3.45. The van der Waals surface area contributed by atoms with Crippen molar-refractivity contribution >= 4 is 21.6 Å². The number of hydrogen-bond acceptors (Lipinski definition) is 5. The molecule has 2 unspecified atom stereocenters. The molecule has 3 heterocycles. The fourth-order valence-electron chi connectivity index (χ4n) is 3.74. The first-order chi connectivity index (χ1) is 16.0. The summed E-state index contributed by atoms with van der Waals surface area (Å²) >= 11 is 0. The van der Waals surface area contributed by atoms with Gasteiger partial charge in [-0.25, -0.2) is 13.4 Å². The summed E-state index contributed by atoms with van der Waals surface area (Å²) in [4.78, 5) is 17.2. The Morgan fingerprint density at radius 2 is 1.88 bits per heavy atom. The number of H-pyrrole nitrogens is 1. The first-order valence-corrected chi connectivity index (χ1v) is 12.0. The molecule has 0 bridgehead atoms. The van der Waals surface area contributed by atoms with Gasteiger partial charge in [-0.1, -0.05) is 30.3 Å². The number of anilines is 1. The third-order valence-electron chi connectivity index (χ3n) is 5.13. The Morgan fingerprint density at radius 3 is 2.56 bits per heavy atom. The van der Waals surface area contributed by atoms with Gasteiger partial charge in [0.25, 0.3) is 5.91 Å². The molecule has 0 fully saturated rings. The van der Waals surface area contributed by atoms with Gasteiger partial charge in [0.1, 0.15) is 11.9 Å². The van der Waals surface area contributed by atoms with E-state index in [0.29, 0.717) is 11.3 Å². The van der Waals surface area contributed by atoms with Crippen LogP contribution in [-0.2, 0) is 14.8 Å². The van der Waals surface area contributed by atoms with E-state index in [0.717, 1.165) is 6.26 Å². The number of amides is 1. The summed E-state index contributed by atoms with van der Waals surface area (Å²) in [5.41, 5.74) is 0.805. The van der Waals surface area contributed by atoms with Crippen molar-refractivity contribution in [3.8, 4) is 0 Å². The Labute approximate surface area is 193 Å². The van der Waals surface area contributed by atoms with Gasteiger partial charge in [0.05, 0.1) is 17.6 Å². The van der Waals surface area contributed by atoms with Crippen LogP contribution in [0.3, 0.4) is 0 Å². The first-order valence-electron chi connectivity index (χ1n) is 10.1. The molecule has 0 saturated heterocycles. The number of allylic oxidation sites excluding steroid dienone is 3. The maximum atomic E-state index is 13.8. The Kier molecular flexibility index (Phi) is 6.09. The van der Waals surface area contributed by atoms with Gasteiger partial charge >= 0.3 is 6.18 Å². The lowest BCUT2D eigenvalue weighted by atomic mass is 10.1. The number of aromatic nitrogens is 1. The van der Waals surface area contributed by atoms with Crippen molar-refractivity contribution in [1.82, 2.24) is 15.5 Å². The monoisotopic (exact) mass is 492 g/mol. The fraction of sp³-hybridized carbons (Fsp3) is 0.182. The van der Waals surface area contributed by atoms with Gasteiger partial charge in [0, 0.05) is 23.9 Å². The van der Waals surface area contributed by atoms with E-state index in [4.69, 9.17) is 0 Å². The van der Waals surface area contributed by atoms with Crippen molar-refractivity contribution in [3.05, 3.63) is 95.7 Å². The predicted octanol–water partition coefficient (Wildman–Crippen LogP) is 2.49. The number of rotatable bonds is 6. The molecule has 8 nitrogen and oxygen atoms in total. The third-order valence-corrected chi connectivity index (χ3v) is 5.72. The second-order valence-corrected chi connectivity index (χ2v) is 9.39. The normalized spacial score (nSPS) is 18.4. The predicted molar refractivity (Wildman–Crippen MR) is 118 cm³/mol. The highest BCUT2D eigenvalue weighted by Gasteiger charge is 2.47. The average molecular weight is 493 g/mol. The molecule has 2 aromatic rings. The van der Waals surface area contributed by atoms with Crippen LogP contribution in [0, 0.1) is 0 Å². The van der Waals surface area contributed by atoms with E-state index in [2.05, 4.69) is 20.3 Å². The van der Waals surface area contributed by atoms with Gasteiger partial charge in [0.15, 0.2) is 6.20 Å². The van der Waals surface area contributed by atoms with Gasteiger partial charge in [-0.2, -0.15) is 13.2 Å². The number of para-hydroxylation sites is 1. The van der Waals surface area contributed by atoms with Crippen LogP contribution in [0.2, 0.25) is 0 Å². The van der Waals surface area contributed by atoms with Crippen LogP contribution in [0.25, 0.3) is 0 Å². The number of nitrogens with one attached hydrogen (secondary N) is 4. The Bertz CT molecular complexity index is 1290. The zero-order chi connectivity index (χ0) is 24.5. The van der Waals surface area contributed by atoms with E-state index in [-0.39, 0.29) is 17.1 Å². The molecule has 34 heavy (non-hydrogen) atoms. The van der Waals surface area contributed by atoms with E-state index in [1.165, 1.54) is 24.4 Å².